The SMILES string of the molecule is CCn1cc(C(C)C)c(C(F)(F)F)n1. The van der Waals surface area contributed by atoms with Crippen LogP contribution >= 0.6 is 0 Å². The fraction of sp³-hybridized carbons (Fsp3) is 0.667. The highest BCUT2D eigenvalue weighted by molar-refractivity contribution is 5.23. The highest BCUT2D eigenvalue weighted by Gasteiger charge is 2.37. The Morgan fingerprint density at radius 3 is 2.29 bits per heavy atom. The molecular weight excluding hydrogens is 193 g/mol. The lowest BCUT2D eigenvalue weighted by Crippen LogP contribution is -2.10. The molecule has 0 aliphatic heterocycles. The Labute approximate surface area is 80.7 Å². The van der Waals surface area contributed by atoms with Gasteiger partial charge in [-0.05, 0) is 12.8 Å². The van der Waals surface area contributed by atoms with Crippen LogP contribution in [0.5, 0.6) is 0 Å². The van der Waals surface area contributed by atoms with Gasteiger partial charge in [0, 0.05) is 18.3 Å². The summed E-state index contributed by atoms with van der Waals surface area (Å²) in [4.78, 5) is 0. The first-order valence-corrected chi connectivity index (χ1v) is 4.50. The van der Waals surface area contributed by atoms with Crippen LogP contribution in [-0.2, 0) is 12.7 Å². The van der Waals surface area contributed by atoms with Crippen LogP contribution < -0.4 is 0 Å². The van der Waals surface area contributed by atoms with Crippen LogP contribution in [0, 0.1) is 0 Å². The van der Waals surface area contributed by atoms with Crippen LogP contribution in [0.2, 0.25) is 0 Å². The van der Waals surface area contributed by atoms with Crippen molar-refractivity contribution in [2.75, 3.05) is 0 Å². The van der Waals surface area contributed by atoms with Crippen molar-refractivity contribution in [2.45, 2.75) is 39.4 Å². The van der Waals surface area contributed by atoms with E-state index in [0.717, 1.165) is 0 Å². The molecule has 0 radical (unpaired) electrons. The maximum atomic E-state index is 12.5. The lowest BCUT2D eigenvalue weighted by atomic mass is 10.0. The first kappa shape index (κ1) is 11.1. The lowest BCUT2D eigenvalue weighted by molar-refractivity contribution is -0.142. The van der Waals surface area contributed by atoms with Gasteiger partial charge >= 0.3 is 6.18 Å². The van der Waals surface area contributed by atoms with Crippen molar-refractivity contribution in [1.29, 1.82) is 0 Å². The monoisotopic (exact) mass is 206 g/mol. The summed E-state index contributed by atoms with van der Waals surface area (Å²) in [7, 11) is 0. The summed E-state index contributed by atoms with van der Waals surface area (Å²) < 4.78 is 38.8. The fourth-order valence-electron chi connectivity index (χ4n) is 1.24. The van der Waals surface area contributed by atoms with Gasteiger partial charge in [0.1, 0.15) is 0 Å². The van der Waals surface area contributed by atoms with E-state index in [2.05, 4.69) is 5.10 Å². The maximum absolute atomic E-state index is 12.5. The van der Waals surface area contributed by atoms with Crippen molar-refractivity contribution in [2.24, 2.45) is 0 Å². The molecule has 0 aromatic carbocycles. The number of alkyl halides is 3. The second kappa shape index (κ2) is 3.63. The number of hydrogen-bond acceptors (Lipinski definition) is 1. The predicted octanol–water partition coefficient (Wildman–Crippen LogP) is 3.05. The van der Waals surface area contributed by atoms with Crippen molar-refractivity contribution >= 4 is 0 Å². The Morgan fingerprint density at radius 2 is 2.00 bits per heavy atom. The number of aromatic nitrogens is 2. The molecule has 0 fully saturated rings. The molecule has 0 saturated carbocycles. The largest absolute Gasteiger partial charge is 0.435 e. The molecule has 0 bridgehead atoms. The van der Waals surface area contributed by atoms with Gasteiger partial charge in [0.25, 0.3) is 0 Å². The Bertz CT molecular complexity index is 312. The Morgan fingerprint density at radius 1 is 1.43 bits per heavy atom. The highest BCUT2D eigenvalue weighted by atomic mass is 19.4. The summed E-state index contributed by atoms with van der Waals surface area (Å²) >= 11 is 0. The molecule has 80 valence electrons. The Hall–Kier alpha value is -1.00. The van der Waals surface area contributed by atoms with E-state index in [1.165, 1.54) is 10.9 Å². The number of aryl methyl sites for hydroxylation is 1. The van der Waals surface area contributed by atoms with Crippen molar-refractivity contribution in [3.63, 3.8) is 0 Å². The molecule has 2 nitrogen and oxygen atoms in total. The minimum Gasteiger partial charge on any atom is -0.272 e. The zero-order valence-electron chi connectivity index (χ0n) is 8.39. The summed E-state index contributed by atoms with van der Waals surface area (Å²) in [6, 6.07) is 0. The minimum absolute atomic E-state index is 0.160. The molecule has 1 heterocycles. The number of halogens is 3. The molecule has 1 aromatic rings. The molecule has 0 spiro atoms. The fourth-order valence-corrected chi connectivity index (χ4v) is 1.24. The molecule has 0 saturated heterocycles. The van der Waals surface area contributed by atoms with Gasteiger partial charge in [0.2, 0.25) is 0 Å². The first-order chi connectivity index (χ1) is 6.36. The molecule has 0 N–H and O–H groups in total. The van der Waals surface area contributed by atoms with E-state index in [1.54, 1.807) is 20.8 Å². The van der Waals surface area contributed by atoms with E-state index in [0.29, 0.717) is 6.54 Å². The number of nitrogens with zero attached hydrogens (tertiary/aromatic N) is 2. The number of rotatable bonds is 2. The molecule has 1 aromatic heterocycles. The van der Waals surface area contributed by atoms with E-state index in [4.69, 9.17) is 0 Å². The Kier molecular flexibility index (Phi) is 2.87. The van der Waals surface area contributed by atoms with Crippen molar-refractivity contribution in [1.82, 2.24) is 9.78 Å². The van der Waals surface area contributed by atoms with Crippen molar-refractivity contribution in [3.8, 4) is 0 Å². The van der Waals surface area contributed by atoms with Crippen LogP contribution in [0.25, 0.3) is 0 Å². The standard InChI is InChI=1S/C9H13F3N2/c1-4-14-5-7(6(2)3)8(13-14)9(10,11)12/h5-6H,4H2,1-3H3. The van der Waals surface area contributed by atoms with E-state index in [1.807, 2.05) is 0 Å². The van der Waals surface area contributed by atoms with E-state index in [-0.39, 0.29) is 11.5 Å². The molecular formula is C9H13F3N2. The second-order valence-electron chi connectivity index (χ2n) is 3.44. The summed E-state index contributed by atoms with van der Waals surface area (Å²) in [6.45, 7) is 5.67. The van der Waals surface area contributed by atoms with Gasteiger partial charge < -0.3 is 0 Å². The third kappa shape index (κ3) is 2.08. The zero-order valence-corrected chi connectivity index (χ0v) is 8.39. The highest BCUT2D eigenvalue weighted by Crippen LogP contribution is 2.33. The van der Waals surface area contributed by atoms with E-state index in [9.17, 15) is 13.2 Å². The van der Waals surface area contributed by atoms with Crippen molar-refractivity contribution in [3.05, 3.63) is 17.5 Å². The molecule has 0 atom stereocenters. The average Bonchev–Trinajstić information content (AvgIpc) is 2.46. The van der Waals surface area contributed by atoms with Gasteiger partial charge in [-0.1, -0.05) is 13.8 Å². The molecule has 0 aliphatic carbocycles. The molecule has 0 amide bonds. The van der Waals surface area contributed by atoms with Crippen LogP contribution in [0.1, 0.15) is 37.9 Å². The molecule has 5 heteroatoms. The molecule has 0 unspecified atom stereocenters. The van der Waals surface area contributed by atoms with E-state index < -0.39 is 11.9 Å². The van der Waals surface area contributed by atoms with Crippen LogP contribution in [0.4, 0.5) is 13.2 Å². The average molecular weight is 206 g/mol. The maximum Gasteiger partial charge on any atom is 0.435 e. The predicted molar refractivity (Wildman–Crippen MR) is 47.0 cm³/mol. The third-order valence-corrected chi connectivity index (χ3v) is 2.00. The van der Waals surface area contributed by atoms with Gasteiger partial charge in [-0.25, -0.2) is 0 Å². The minimum atomic E-state index is -4.35. The topological polar surface area (TPSA) is 17.8 Å². The second-order valence-corrected chi connectivity index (χ2v) is 3.44. The smallest absolute Gasteiger partial charge is 0.272 e. The quantitative estimate of drug-likeness (QED) is 0.727. The first-order valence-electron chi connectivity index (χ1n) is 4.50. The Balaban J connectivity index is 3.19. The third-order valence-electron chi connectivity index (χ3n) is 2.00. The lowest BCUT2D eigenvalue weighted by Gasteiger charge is -2.07. The summed E-state index contributed by atoms with van der Waals surface area (Å²) in [5, 5.41) is 3.51. The van der Waals surface area contributed by atoms with Gasteiger partial charge in [-0.2, -0.15) is 18.3 Å². The number of hydrogen-bond donors (Lipinski definition) is 0. The summed E-state index contributed by atoms with van der Waals surface area (Å²) in [6.07, 6.45) is -2.88. The molecule has 0 aliphatic rings. The van der Waals surface area contributed by atoms with E-state index >= 15 is 0 Å². The van der Waals surface area contributed by atoms with Gasteiger partial charge in [0.15, 0.2) is 5.69 Å². The van der Waals surface area contributed by atoms with Gasteiger partial charge in [-0.3, -0.25) is 4.68 Å². The normalized spacial score (nSPS) is 12.5. The molecule has 14 heavy (non-hydrogen) atoms. The van der Waals surface area contributed by atoms with Gasteiger partial charge in [0.05, 0.1) is 0 Å². The summed E-state index contributed by atoms with van der Waals surface area (Å²) in [5.41, 5.74) is -0.492. The summed E-state index contributed by atoms with van der Waals surface area (Å²) in [5.74, 6) is -0.160. The van der Waals surface area contributed by atoms with Crippen LogP contribution in [0.3, 0.4) is 0 Å². The van der Waals surface area contributed by atoms with Crippen LogP contribution in [0.15, 0.2) is 6.20 Å². The zero-order chi connectivity index (χ0) is 10.9. The van der Waals surface area contributed by atoms with Crippen LogP contribution in [-0.4, -0.2) is 9.78 Å². The van der Waals surface area contributed by atoms with Gasteiger partial charge in [-0.15, -0.1) is 0 Å². The van der Waals surface area contributed by atoms with Crippen molar-refractivity contribution < 1.29 is 13.2 Å². The molecule has 1 rings (SSSR count).